The van der Waals surface area contributed by atoms with Gasteiger partial charge in [0.25, 0.3) is 0 Å². The van der Waals surface area contributed by atoms with Crippen LogP contribution in [0.5, 0.6) is 0 Å². The first kappa shape index (κ1) is 20.2. The normalized spacial score (nSPS) is 21.2. The van der Waals surface area contributed by atoms with E-state index in [1.165, 1.54) is 4.90 Å². The van der Waals surface area contributed by atoms with Gasteiger partial charge in [-0.2, -0.15) is 5.06 Å². The second-order valence-electron chi connectivity index (χ2n) is 8.46. The lowest BCUT2D eigenvalue weighted by Gasteiger charge is -2.40. The van der Waals surface area contributed by atoms with Crippen LogP contribution in [-0.4, -0.2) is 45.0 Å². The maximum absolute atomic E-state index is 13.6. The number of anilines is 2. The Bertz CT molecular complexity index is 897. The minimum Gasteiger partial charge on any atom is -0.312 e. The zero-order chi connectivity index (χ0) is 21.3. The Labute approximate surface area is 176 Å². The summed E-state index contributed by atoms with van der Waals surface area (Å²) >= 11 is 0. The fraction of sp³-hybridized carbons (Fsp3) is 0.391. The van der Waals surface area contributed by atoms with Gasteiger partial charge >= 0.3 is 12.1 Å². The highest BCUT2D eigenvalue weighted by atomic mass is 16.5. The summed E-state index contributed by atoms with van der Waals surface area (Å²) in [4.78, 5) is 29.9. The lowest BCUT2D eigenvalue weighted by atomic mass is 9.97. The van der Waals surface area contributed by atoms with E-state index < -0.39 is 17.7 Å². The molecule has 1 saturated carbocycles. The fourth-order valence-corrected chi connectivity index (χ4v) is 4.76. The molecule has 7 heteroatoms. The van der Waals surface area contributed by atoms with E-state index in [0.29, 0.717) is 16.4 Å². The molecular formula is C23H28N4O3. The minimum atomic E-state index is -0.878. The van der Waals surface area contributed by atoms with Crippen LogP contribution < -0.4 is 10.2 Å². The van der Waals surface area contributed by atoms with Gasteiger partial charge in [0.2, 0.25) is 0 Å². The Balaban J connectivity index is 1.69. The van der Waals surface area contributed by atoms with Crippen molar-refractivity contribution in [3.05, 3.63) is 60.7 Å². The number of nitrogens with zero attached hydrogens (tertiary/aromatic N) is 3. The number of urea groups is 2. The van der Waals surface area contributed by atoms with E-state index in [0.717, 1.165) is 25.7 Å². The smallest absolute Gasteiger partial charge is 0.312 e. The van der Waals surface area contributed by atoms with Crippen LogP contribution in [0.3, 0.4) is 0 Å². The van der Waals surface area contributed by atoms with Crippen molar-refractivity contribution in [1.29, 1.82) is 0 Å². The lowest BCUT2D eigenvalue weighted by Crippen LogP contribution is -2.59. The highest BCUT2D eigenvalue weighted by Gasteiger charge is 2.58. The number of amides is 4. The number of nitrogens with one attached hydrogen (secondary N) is 1. The molecule has 1 heterocycles. The summed E-state index contributed by atoms with van der Waals surface area (Å²) in [5, 5.41) is 14.4. The molecule has 158 valence electrons. The van der Waals surface area contributed by atoms with Gasteiger partial charge in [-0.3, -0.25) is 10.1 Å². The number of hydrogen-bond acceptors (Lipinski definition) is 3. The summed E-state index contributed by atoms with van der Waals surface area (Å²) in [7, 11) is 0. The third-order valence-corrected chi connectivity index (χ3v) is 6.10. The van der Waals surface area contributed by atoms with E-state index in [1.807, 2.05) is 55.1 Å². The molecule has 2 aromatic carbocycles. The largest absolute Gasteiger partial charge is 0.347 e. The monoisotopic (exact) mass is 408 g/mol. The Morgan fingerprint density at radius 2 is 1.60 bits per heavy atom. The van der Waals surface area contributed by atoms with Crippen LogP contribution in [-0.2, 0) is 0 Å². The van der Waals surface area contributed by atoms with Gasteiger partial charge in [0.05, 0.1) is 5.54 Å². The Morgan fingerprint density at radius 3 is 2.20 bits per heavy atom. The van der Waals surface area contributed by atoms with Crippen molar-refractivity contribution in [3.8, 4) is 0 Å². The van der Waals surface area contributed by atoms with Crippen molar-refractivity contribution in [1.82, 2.24) is 9.96 Å². The van der Waals surface area contributed by atoms with Crippen molar-refractivity contribution in [2.45, 2.75) is 57.3 Å². The number of carbonyl (C=O) groups excluding carboxylic acids is 2. The number of carbonyl (C=O) groups is 2. The molecule has 1 saturated heterocycles. The molecule has 0 radical (unpaired) electrons. The van der Waals surface area contributed by atoms with Crippen LogP contribution in [0.25, 0.3) is 0 Å². The summed E-state index contributed by atoms with van der Waals surface area (Å²) < 4.78 is 0. The van der Waals surface area contributed by atoms with Crippen molar-refractivity contribution in [3.63, 3.8) is 0 Å². The van der Waals surface area contributed by atoms with E-state index >= 15 is 0 Å². The highest BCUT2D eigenvalue weighted by molar-refractivity contribution is 5.98. The molecule has 2 N–H and O–H groups in total. The van der Waals surface area contributed by atoms with Crippen molar-refractivity contribution in [2.75, 3.05) is 10.2 Å². The molecule has 0 unspecified atom stereocenters. The topological polar surface area (TPSA) is 76.1 Å². The molecule has 4 rings (SSSR count). The van der Waals surface area contributed by atoms with Gasteiger partial charge in [0.1, 0.15) is 0 Å². The molecule has 2 fully saturated rings. The molecule has 0 bridgehead atoms. The van der Waals surface area contributed by atoms with E-state index in [9.17, 15) is 14.8 Å². The van der Waals surface area contributed by atoms with Crippen molar-refractivity contribution >= 4 is 23.4 Å². The van der Waals surface area contributed by atoms with Crippen LogP contribution >= 0.6 is 0 Å². The Morgan fingerprint density at radius 1 is 1.03 bits per heavy atom. The first-order valence-corrected chi connectivity index (χ1v) is 10.4. The summed E-state index contributed by atoms with van der Waals surface area (Å²) in [6.45, 7) is 3.83. The number of benzene rings is 2. The van der Waals surface area contributed by atoms with Crippen molar-refractivity contribution < 1.29 is 14.8 Å². The van der Waals surface area contributed by atoms with Crippen LogP contribution in [0.1, 0.15) is 39.5 Å². The highest BCUT2D eigenvalue weighted by Crippen LogP contribution is 2.42. The van der Waals surface area contributed by atoms with Gasteiger partial charge in [0.15, 0.2) is 6.17 Å². The number of hydroxylamine groups is 2. The second kappa shape index (κ2) is 7.99. The molecule has 1 atom stereocenters. The summed E-state index contributed by atoms with van der Waals surface area (Å²) in [6.07, 6.45) is 3.16. The minimum absolute atomic E-state index is 0.106. The van der Waals surface area contributed by atoms with Gasteiger partial charge in [-0.25, -0.2) is 9.59 Å². The third kappa shape index (κ3) is 3.50. The summed E-state index contributed by atoms with van der Waals surface area (Å²) in [6, 6.07) is 17.4. The number of rotatable bonds is 4. The zero-order valence-corrected chi connectivity index (χ0v) is 17.4. The summed E-state index contributed by atoms with van der Waals surface area (Å²) in [5.41, 5.74) is 0.431. The molecule has 1 aliphatic carbocycles. The van der Waals surface area contributed by atoms with E-state index in [-0.39, 0.29) is 12.1 Å². The Kier molecular flexibility index (Phi) is 5.39. The van der Waals surface area contributed by atoms with E-state index in [2.05, 4.69) is 5.32 Å². The standard InChI is InChI=1S/C23H28N4O3/c1-23(2)20(27(30)21(28)24-17-11-5-3-6-12-17)25(18-13-7-4-8-14-18)22(29)26(23)19-15-9-10-16-19/h3-8,11-14,19-20,30H,9-10,15-16H2,1-2H3,(H,24,28)/t20-/m1/s1. The zero-order valence-electron chi connectivity index (χ0n) is 17.4. The first-order valence-electron chi connectivity index (χ1n) is 10.4. The molecule has 4 amide bonds. The number of para-hydroxylation sites is 2. The maximum atomic E-state index is 13.6. The Hall–Kier alpha value is -3.06. The SMILES string of the molecule is CC1(C)[C@@H](N(O)C(=O)Nc2ccccc2)N(c2ccccc2)C(=O)N1C1CCCC1. The van der Waals surface area contributed by atoms with Crippen molar-refractivity contribution in [2.24, 2.45) is 0 Å². The van der Waals surface area contributed by atoms with Crippen LogP contribution in [0, 0.1) is 0 Å². The maximum Gasteiger partial charge on any atom is 0.347 e. The second-order valence-corrected chi connectivity index (χ2v) is 8.46. The first-order chi connectivity index (χ1) is 14.4. The average Bonchev–Trinajstić information content (AvgIpc) is 3.32. The van der Waals surface area contributed by atoms with Gasteiger partial charge in [-0.05, 0) is 51.0 Å². The molecular weight excluding hydrogens is 380 g/mol. The van der Waals surface area contributed by atoms with Crippen LogP contribution in [0.2, 0.25) is 0 Å². The number of hydrogen-bond donors (Lipinski definition) is 2. The lowest BCUT2D eigenvalue weighted by molar-refractivity contribution is -0.0976. The molecule has 0 aromatic heterocycles. The quantitative estimate of drug-likeness (QED) is 0.558. The molecule has 0 spiro atoms. The molecule has 30 heavy (non-hydrogen) atoms. The van der Waals surface area contributed by atoms with Crippen LogP contribution in [0.4, 0.5) is 21.0 Å². The molecule has 1 aliphatic heterocycles. The van der Waals surface area contributed by atoms with Gasteiger partial charge in [0, 0.05) is 17.4 Å². The fourth-order valence-electron chi connectivity index (χ4n) is 4.76. The van der Waals surface area contributed by atoms with E-state index in [1.54, 1.807) is 24.3 Å². The molecule has 7 nitrogen and oxygen atoms in total. The van der Waals surface area contributed by atoms with Gasteiger partial charge in [-0.15, -0.1) is 0 Å². The van der Waals surface area contributed by atoms with Crippen LogP contribution in [0.15, 0.2) is 60.7 Å². The van der Waals surface area contributed by atoms with Gasteiger partial charge < -0.3 is 10.2 Å². The third-order valence-electron chi connectivity index (χ3n) is 6.10. The predicted molar refractivity (Wildman–Crippen MR) is 115 cm³/mol. The summed E-state index contributed by atoms with van der Waals surface area (Å²) in [5.74, 6) is 0. The molecule has 2 aliphatic rings. The predicted octanol–water partition coefficient (Wildman–Crippen LogP) is 4.90. The molecule has 2 aromatic rings. The van der Waals surface area contributed by atoms with E-state index in [4.69, 9.17) is 0 Å². The average molecular weight is 409 g/mol. The van der Waals surface area contributed by atoms with Gasteiger partial charge in [-0.1, -0.05) is 49.2 Å².